The number of hydrogen-bond acceptors (Lipinski definition) is 2. The number of halogens is 1. The van der Waals surface area contributed by atoms with Crippen LogP contribution in [0.5, 0.6) is 0 Å². The number of ketones is 1. The lowest BCUT2D eigenvalue weighted by molar-refractivity contribution is -0.121. The van der Waals surface area contributed by atoms with Crippen LogP contribution in [0.1, 0.15) is 51.9 Å². The Bertz CT molecular complexity index is 410. The number of hydrogen-bond donors (Lipinski definition) is 0. The van der Waals surface area contributed by atoms with Crippen molar-refractivity contribution < 1.29 is 4.79 Å². The third-order valence-electron chi connectivity index (χ3n) is 3.17. The van der Waals surface area contributed by atoms with Gasteiger partial charge in [0.15, 0.2) is 0 Å². The summed E-state index contributed by atoms with van der Waals surface area (Å²) in [5, 5.41) is 5.27. The lowest BCUT2D eigenvalue weighted by atomic mass is 10.0. The monoisotopic (exact) mass is 270 g/mol. The minimum atomic E-state index is 0.128. The predicted molar refractivity (Wildman–Crippen MR) is 75.1 cm³/mol. The Morgan fingerprint density at radius 3 is 2.56 bits per heavy atom. The summed E-state index contributed by atoms with van der Waals surface area (Å²) in [4.78, 5) is 11.6. The van der Waals surface area contributed by atoms with Crippen molar-refractivity contribution in [1.82, 2.24) is 9.78 Å². The average molecular weight is 271 g/mol. The van der Waals surface area contributed by atoms with E-state index in [4.69, 9.17) is 11.6 Å². The summed E-state index contributed by atoms with van der Waals surface area (Å²) in [6.45, 7) is 8.83. The Kier molecular flexibility index (Phi) is 5.86. The SMILES string of the molecule is CCc1nn(CC)c(CCCC(=O)C(C)C)c1Cl. The van der Waals surface area contributed by atoms with E-state index >= 15 is 0 Å². The molecular weight excluding hydrogens is 248 g/mol. The Labute approximate surface area is 115 Å². The molecule has 0 aliphatic heterocycles. The molecule has 1 heterocycles. The van der Waals surface area contributed by atoms with Gasteiger partial charge in [-0.3, -0.25) is 9.48 Å². The maximum atomic E-state index is 11.6. The van der Waals surface area contributed by atoms with Crippen molar-refractivity contribution in [2.45, 2.75) is 59.9 Å². The summed E-state index contributed by atoms with van der Waals surface area (Å²) in [6, 6.07) is 0. The molecule has 0 aliphatic rings. The lowest BCUT2D eigenvalue weighted by Crippen LogP contribution is -2.08. The fourth-order valence-electron chi connectivity index (χ4n) is 1.97. The van der Waals surface area contributed by atoms with Crippen molar-refractivity contribution >= 4 is 17.4 Å². The van der Waals surface area contributed by atoms with Crippen LogP contribution in [-0.4, -0.2) is 15.6 Å². The Morgan fingerprint density at radius 1 is 1.39 bits per heavy atom. The van der Waals surface area contributed by atoms with Crippen molar-refractivity contribution in [1.29, 1.82) is 0 Å². The van der Waals surface area contributed by atoms with Crippen LogP contribution in [0.3, 0.4) is 0 Å². The Balaban J connectivity index is 2.66. The van der Waals surface area contributed by atoms with Gasteiger partial charge in [0, 0.05) is 18.9 Å². The van der Waals surface area contributed by atoms with Crippen LogP contribution >= 0.6 is 11.6 Å². The van der Waals surface area contributed by atoms with Gasteiger partial charge in [-0.2, -0.15) is 5.10 Å². The Morgan fingerprint density at radius 2 is 2.06 bits per heavy atom. The van der Waals surface area contributed by atoms with Crippen LogP contribution in [0.15, 0.2) is 0 Å². The van der Waals surface area contributed by atoms with E-state index in [9.17, 15) is 4.79 Å². The van der Waals surface area contributed by atoms with Crippen LogP contribution in [-0.2, 0) is 24.2 Å². The number of nitrogens with zero attached hydrogens (tertiary/aromatic N) is 2. The molecule has 0 spiro atoms. The van der Waals surface area contributed by atoms with Crippen molar-refractivity contribution in [3.05, 3.63) is 16.4 Å². The molecule has 0 aliphatic carbocycles. The van der Waals surface area contributed by atoms with Gasteiger partial charge in [-0.05, 0) is 26.2 Å². The van der Waals surface area contributed by atoms with E-state index in [2.05, 4.69) is 18.9 Å². The van der Waals surface area contributed by atoms with Crippen LogP contribution < -0.4 is 0 Å². The smallest absolute Gasteiger partial charge is 0.135 e. The largest absolute Gasteiger partial charge is 0.299 e. The summed E-state index contributed by atoms with van der Waals surface area (Å²) in [6.07, 6.45) is 3.16. The summed E-state index contributed by atoms with van der Waals surface area (Å²) in [5.74, 6) is 0.451. The second-order valence-corrected chi connectivity index (χ2v) is 5.23. The summed E-state index contributed by atoms with van der Waals surface area (Å²) in [7, 11) is 0. The molecule has 0 amide bonds. The molecule has 0 aromatic carbocycles. The number of Topliss-reactive ketones (excluding diaryl/α,β-unsaturated/α-hetero) is 1. The van der Waals surface area contributed by atoms with Crippen molar-refractivity contribution in [2.75, 3.05) is 0 Å². The molecule has 3 nitrogen and oxygen atoms in total. The number of carbonyl (C=O) groups excluding carboxylic acids is 1. The van der Waals surface area contributed by atoms with Gasteiger partial charge in [0.25, 0.3) is 0 Å². The van der Waals surface area contributed by atoms with E-state index in [1.807, 2.05) is 18.5 Å². The quantitative estimate of drug-likeness (QED) is 0.758. The van der Waals surface area contributed by atoms with Crippen LogP contribution in [0.2, 0.25) is 5.02 Å². The average Bonchev–Trinajstić information content (AvgIpc) is 2.65. The molecule has 0 unspecified atom stereocenters. The van der Waals surface area contributed by atoms with E-state index in [0.29, 0.717) is 12.2 Å². The van der Waals surface area contributed by atoms with Gasteiger partial charge in [0.05, 0.1) is 16.4 Å². The van der Waals surface area contributed by atoms with Gasteiger partial charge in [-0.25, -0.2) is 0 Å². The molecule has 0 saturated carbocycles. The molecule has 0 bridgehead atoms. The van der Waals surface area contributed by atoms with Crippen molar-refractivity contribution in [3.8, 4) is 0 Å². The maximum Gasteiger partial charge on any atom is 0.135 e. The maximum absolute atomic E-state index is 11.6. The second-order valence-electron chi connectivity index (χ2n) is 4.85. The fraction of sp³-hybridized carbons (Fsp3) is 0.714. The minimum Gasteiger partial charge on any atom is -0.299 e. The standard InChI is InChI=1S/C14H23ClN2O/c1-5-11-14(15)12(17(6-2)16-11)8-7-9-13(18)10(3)4/h10H,5-9H2,1-4H3. The van der Waals surface area contributed by atoms with E-state index in [1.54, 1.807) is 0 Å². The highest BCUT2D eigenvalue weighted by atomic mass is 35.5. The predicted octanol–water partition coefficient (Wildman–Crippen LogP) is 3.67. The first-order valence-electron chi connectivity index (χ1n) is 6.77. The van der Waals surface area contributed by atoms with Gasteiger partial charge in [-0.15, -0.1) is 0 Å². The third-order valence-corrected chi connectivity index (χ3v) is 3.61. The summed E-state index contributed by atoms with van der Waals surface area (Å²) in [5.41, 5.74) is 2.04. The normalized spacial score (nSPS) is 11.2. The zero-order valence-electron chi connectivity index (χ0n) is 11.8. The van der Waals surface area contributed by atoms with Crippen molar-refractivity contribution in [3.63, 3.8) is 0 Å². The zero-order chi connectivity index (χ0) is 13.7. The lowest BCUT2D eigenvalue weighted by Gasteiger charge is -2.06. The van der Waals surface area contributed by atoms with Crippen LogP contribution in [0.25, 0.3) is 0 Å². The topological polar surface area (TPSA) is 34.9 Å². The van der Waals surface area contributed by atoms with Crippen LogP contribution in [0, 0.1) is 5.92 Å². The van der Waals surface area contributed by atoms with Gasteiger partial charge in [0.2, 0.25) is 0 Å². The summed E-state index contributed by atoms with van der Waals surface area (Å²) < 4.78 is 1.96. The molecule has 0 saturated heterocycles. The number of rotatable bonds is 7. The van der Waals surface area contributed by atoms with E-state index in [0.717, 1.165) is 42.2 Å². The van der Waals surface area contributed by atoms with Crippen LogP contribution in [0.4, 0.5) is 0 Å². The molecule has 0 fully saturated rings. The molecular formula is C14H23ClN2O. The Hall–Kier alpha value is -0.830. The first-order valence-corrected chi connectivity index (χ1v) is 7.15. The highest BCUT2D eigenvalue weighted by molar-refractivity contribution is 6.31. The van der Waals surface area contributed by atoms with Crippen molar-refractivity contribution in [2.24, 2.45) is 5.92 Å². The third kappa shape index (κ3) is 3.58. The summed E-state index contributed by atoms with van der Waals surface area (Å²) >= 11 is 6.32. The molecule has 1 rings (SSSR count). The molecule has 4 heteroatoms. The van der Waals surface area contributed by atoms with E-state index in [-0.39, 0.29) is 5.92 Å². The van der Waals surface area contributed by atoms with Gasteiger partial charge in [-0.1, -0.05) is 32.4 Å². The number of aryl methyl sites for hydroxylation is 2. The number of carbonyl (C=O) groups is 1. The molecule has 18 heavy (non-hydrogen) atoms. The molecule has 1 aromatic rings. The fourth-order valence-corrected chi connectivity index (χ4v) is 2.34. The molecule has 0 N–H and O–H groups in total. The second kappa shape index (κ2) is 6.93. The van der Waals surface area contributed by atoms with Gasteiger partial charge < -0.3 is 0 Å². The first-order chi connectivity index (χ1) is 8.51. The number of aromatic nitrogens is 2. The van der Waals surface area contributed by atoms with Gasteiger partial charge in [0.1, 0.15) is 5.78 Å². The zero-order valence-corrected chi connectivity index (χ0v) is 12.5. The molecule has 0 atom stereocenters. The minimum absolute atomic E-state index is 0.128. The van der Waals surface area contributed by atoms with E-state index < -0.39 is 0 Å². The molecule has 1 aromatic heterocycles. The highest BCUT2D eigenvalue weighted by Gasteiger charge is 2.14. The first kappa shape index (κ1) is 15.2. The van der Waals surface area contributed by atoms with Gasteiger partial charge >= 0.3 is 0 Å². The highest BCUT2D eigenvalue weighted by Crippen LogP contribution is 2.23. The molecule has 102 valence electrons. The molecule has 0 radical (unpaired) electrons. The van der Waals surface area contributed by atoms with E-state index in [1.165, 1.54) is 0 Å².